The van der Waals surface area contributed by atoms with Crippen molar-refractivity contribution >= 4 is 11.9 Å². The standard InChI is InChI=1S/C22H38O6/c1-5-9-11-15(7-3)21(23)27-17-13-25-20-18(14-26-19(17)20)28-22(24)16(8-4)12-10-6-2/h15-20H,5-14H2,1-4H3/t15-,16-,17-,18+,19+,20+/m0/s1. The maximum absolute atomic E-state index is 12.5. The molecule has 0 aromatic carbocycles. The van der Waals surface area contributed by atoms with Crippen LogP contribution in [0.2, 0.25) is 0 Å². The van der Waals surface area contributed by atoms with Gasteiger partial charge >= 0.3 is 11.9 Å². The highest BCUT2D eigenvalue weighted by Crippen LogP contribution is 2.32. The fraction of sp³-hybridized carbons (Fsp3) is 0.909. The zero-order valence-corrected chi connectivity index (χ0v) is 18.0. The van der Waals surface area contributed by atoms with Gasteiger partial charge in [0.15, 0.2) is 12.2 Å². The number of fused-ring (bicyclic) bond motifs is 1. The van der Waals surface area contributed by atoms with Crippen molar-refractivity contribution in [1.29, 1.82) is 0 Å². The van der Waals surface area contributed by atoms with Crippen molar-refractivity contribution in [1.82, 2.24) is 0 Å². The van der Waals surface area contributed by atoms with Gasteiger partial charge in [-0.05, 0) is 25.7 Å². The molecule has 6 heteroatoms. The lowest BCUT2D eigenvalue weighted by Crippen LogP contribution is -2.37. The van der Waals surface area contributed by atoms with Gasteiger partial charge in [-0.3, -0.25) is 9.59 Å². The minimum absolute atomic E-state index is 0.0714. The Bertz CT molecular complexity index is 449. The second-order valence-electron chi connectivity index (χ2n) is 8.04. The average Bonchev–Trinajstić information content (AvgIpc) is 3.26. The molecule has 6 nitrogen and oxygen atoms in total. The van der Waals surface area contributed by atoms with Crippen LogP contribution in [0.15, 0.2) is 0 Å². The molecule has 0 unspecified atom stereocenters. The van der Waals surface area contributed by atoms with E-state index >= 15 is 0 Å². The van der Waals surface area contributed by atoms with Gasteiger partial charge in [-0.25, -0.2) is 0 Å². The fourth-order valence-electron chi connectivity index (χ4n) is 4.00. The average molecular weight is 399 g/mol. The number of carbonyl (C=O) groups is 2. The number of esters is 2. The van der Waals surface area contributed by atoms with Crippen LogP contribution in [0.1, 0.15) is 79.1 Å². The normalized spacial score (nSPS) is 28.6. The highest BCUT2D eigenvalue weighted by Gasteiger charge is 2.51. The molecule has 0 spiro atoms. The van der Waals surface area contributed by atoms with Gasteiger partial charge in [0.05, 0.1) is 25.0 Å². The van der Waals surface area contributed by atoms with Crippen molar-refractivity contribution in [2.45, 2.75) is 103 Å². The summed E-state index contributed by atoms with van der Waals surface area (Å²) in [6, 6.07) is 0. The first-order chi connectivity index (χ1) is 13.5. The number of hydrogen-bond donors (Lipinski definition) is 0. The van der Waals surface area contributed by atoms with Crippen LogP contribution in [-0.2, 0) is 28.5 Å². The Morgan fingerprint density at radius 1 is 0.786 bits per heavy atom. The lowest BCUT2D eigenvalue weighted by Gasteiger charge is -2.21. The third-order valence-corrected chi connectivity index (χ3v) is 5.96. The van der Waals surface area contributed by atoms with Crippen LogP contribution in [0.4, 0.5) is 0 Å². The predicted molar refractivity (Wildman–Crippen MR) is 106 cm³/mol. The minimum Gasteiger partial charge on any atom is -0.457 e. The predicted octanol–water partition coefficient (Wildman–Crippen LogP) is 4.04. The summed E-state index contributed by atoms with van der Waals surface area (Å²) in [5.41, 5.74) is 0. The Hall–Kier alpha value is -1.14. The number of hydrogen-bond acceptors (Lipinski definition) is 6. The molecule has 2 fully saturated rings. The minimum atomic E-state index is -0.418. The number of unbranched alkanes of at least 4 members (excludes halogenated alkanes) is 2. The van der Waals surface area contributed by atoms with Gasteiger partial charge in [0.1, 0.15) is 12.2 Å². The summed E-state index contributed by atoms with van der Waals surface area (Å²) >= 11 is 0. The topological polar surface area (TPSA) is 71.1 Å². The van der Waals surface area contributed by atoms with Gasteiger partial charge in [-0.1, -0.05) is 53.4 Å². The summed E-state index contributed by atoms with van der Waals surface area (Å²) in [5, 5.41) is 0. The van der Waals surface area contributed by atoms with Crippen LogP contribution in [0, 0.1) is 11.8 Å². The molecule has 28 heavy (non-hydrogen) atoms. The first-order valence-electron chi connectivity index (χ1n) is 11.2. The summed E-state index contributed by atoms with van der Waals surface area (Å²) in [4.78, 5) is 25.0. The van der Waals surface area contributed by atoms with Crippen molar-refractivity contribution in [2.24, 2.45) is 11.8 Å². The molecule has 6 atom stereocenters. The van der Waals surface area contributed by atoms with Crippen molar-refractivity contribution in [3.8, 4) is 0 Å². The molecule has 0 radical (unpaired) electrons. The van der Waals surface area contributed by atoms with Crippen LogP contribution < -0.4 is 0 Å². The molecule has 2 rings (SSSR count). The monoisotopic (exact) mass is 398 g/mol. The van der Waals surface area contributed by atoms with Crippen molar-refractivity contribution in [3.05, 3.63) is 0 Å². The Labute approximate surface area is 169 Å². The summed E-state index contributed by atoms with van der Waals surface area (Å²) in [6.07, 6.45) is 5.89. The highest BCUT2D eigenvalue weighted by molar-refractivity contribution is 5.73. The molecule has 0 aromatic heterocycles. The van der Waals surface area contributed by atoms with Gasteiger partial charge in [-0.15, -0.1) is 0 Å². The van der Waals surface area contributed by atoms with E-state index in [2.05, 4.69) is 13.8 Å². The van der Waals surface area contributed by atoms with E-state index in [0.29, 0.717) is 13.2 Å². The summed E-state index contributed by atoms with van der Waals surface area (Å²) in [6.45, 7) is 8.86. The number of ether oxygens (including phenoxy) is 4. The van der Waals surface area contributed by atoms with E-state index in [4.69, 9.17) is 18.9 Å². The summed E-state index contributed by atoms with van der Waals surface area (Å²) < 4.78 is 23.1. The lowest BCUT2D eigenvalue weighted by atomic mass is 9.99. The van der Waals surface area contributed by atoms with E-state index in [1.807, 2.05) is 13.8 Å². The van der Waals surface area contributed by atoms with Crippen LogP contribution >= 0.6 is 0 Å². The van der Waals surface area contributed by atoms with E-state index in [9.17, 15) is 9.59 Å². The van der Waals surface area contributed by atoms with Gasteiger partial charge in [-0.2, -0.15) is 0 Å². The smallest absolute Gasteiger partial charge is 0.309 e. The lowest BCUT2D eigenvalue weighted by molar-refractivity contribution is -0.160. The van der Waals surface area contributed by atoms with Gasteiger partial charge < -0.3 is 18.9 Å². The Kier molecular flexibility index (Phi) is 9.72. The molecule has 0 saturated carbocycles. The van der Waals surface area contributed by atoms with Crippen molar-refractivity contribution in [3.63, 3.8) is 0 Å². The van der Waals surface area contributed by atoms with E-state index in [1.165, 1.54) is 0 Å². The molecule has 2 saturated heterocycles. The maximum atomic E-state index is 12.5. The number of carbonyl (C=O) groups excluding carboxylic acids is 2. The zero-order valence-electron chi connectivity index (χ0n) is 18.0. The molecule has 0 aliphatic carbocycles. The molecule has 0 amide bonds. The molecular weight excluding hydrogens is 360 g/mol. The molecule has 2 heterocycles. The van der Waals surface area contributed by atoms with Gasteiger partial charge in [0.2, 0.25) is 0 Å². The largest absolute Gasteiger partial charge is 0.457 e. The Morgan fingerprint density at radius 3 is 1.50 bits per heavy atom. The van der Waals surface area contributed by atoms with E-state index in [0.717, 1.165) is 51.4 Å². The molecule has 2 aliphatic heterocycles. The SMILES string of the molecule is CCCC[C@H](CC)C(=O)O[C@H]1CO[C@H]2[C@@H]1OC[C@H]2OC(=O)[C@@H](CC)CCCC. The van der Waals surface area contributed by atoms with Gasteiger partial charge in [0, 0.05) is 0 Å². The summed E-state index contributed by atoms with van der Waals surface area (Å²) in [5.74, 6) is -0.476. The van der Waals surface area contributed by atoms with Crippen LogP contribution in [0.5, 0.6) is 0 Å². The summed E-state index contributed by atoms with van der Waals surface area (Å²) in [7, 11) is 0. The molecular formula is C22H38O6. The zero-order chi connectivity index (χ0) is 20.5. The van der Waals surface area contributed by atoms with Crippen molar-refractivity contribution in [2.75, 3.05) is 13.2 Å². The third kappa shape index (κ3) is 5.93. The van der Waals surface area contributed by atoms with E-state index in [-0.39, 0.29) is 36.0 Å². The Morgan fingerprint density at radius 2 is 1.18 bits per heavy atom. The molecule has 2 aliphatic rings. The highest BCUT2D eigenvalue weighted by atomic mass is 16.7. The molecule has 162 valence electrons. The third-order valence-electron chi connectivity index (χ3n) is 5.96. The van der Waals surface area contributed by atoms with E-state index < -0.39 is 12.2 Å². The van der Waals surface area contributed by atoms with Crippen LogP contribution in [0.25, 0.3) is 0 Å². The first kappa shape index (κ1) is 23.1. The molecule has 0 N–H and O–H groups in total. The second-order valence-corrected chi connectivity index (χ2v) is 8.04. The fourth-order valence-corrected chi connectivity index (χ4v) is 4.00. The number of rotatable bonds is 12. The molecule has 0 bridgehead atoms. The first-order valence-corrected chi connectivity index (χ1v) is 11.2. The maximum Gasteiger partial charge on any atom is 0.309 e. The second kappa shape index (κ2) is 11.8. The van der Waals surface area contributed by atoms with Crippen LogP contribution in [0.3, 0.4) is 0 Å². The van der Waals surface area contributed by atoms with Crippen molar-refractivity contribution < 1.29 is 28.5 Å². The van der Waals surface area contributed by atoms with E-state index in [1.54, 1.807) is 0 Å². The Balaban J connectivity index is 1.86. The quantitative estimate of drug-likeness (QED) is 0.462. The van der Waals surface area contributed by atoms with Gasteiger partial charge in [0.25, 0.3) is 0 Å². The molecule has 0 aromatic rings. The van der Waals surface area contributed by atoms with Crippen LogP contribution in [-0.4, -0.2) is 49.6 Å².